The summed E-state index contributed by atoms with van der Waals surface area (Å²) in [4.78, 5) is 0. The van der Waals surface area contributed by atoms with E-state index in [9.17, 15) is 0 Å². The van der Waals surface area contributed by atoms with Crippen LogP contribution in [-0.2, 0) is 5.41 Å². The summed E-state index contributed by atoms with van der Waals surface area (Å²) in [6, 6.07) is 49.9. The van der Waals surface area contributed by atoms with E-state index in [0.717, 1.165) is 0 Å². The van der Waals surface area contributed by atoms with Crippen molar-refractivity contribution in [3.8, 4) is 33.4 Å². The molecule has 0 aliphatic heterocycles. The molecule has 0 fully saturated rings. The number of fused-ring (bicyclic) bond motifs is 4. The summed E-state index contributed by atoms with van der Waals surface area (Å²) in [5, 5.41) is 10.6. The van der Waals surface area contributed by atoms with Gasteiger partial charge in [0.25, 0.3) is 0 Å². The van der Waals surface area contributed by atoms with E-state index in [-0.39, 0.29) is 5.41 Å². The maximum Gasteiger partial charge on any atom is 0.0159 e. The van der Waals surface area contributed by atoms with Gasteiger partial charge in [-0.05, 0) is 112 Å². The Labute approximate surface area is 239 Å². The van der Waals surface area contributed by atoms with Gasteiger partial charge in [-0.15, -0.1) is 0 Å². The minimum Gasteiger partial charge on any atom is -0.0622 e. The minimum absolute atomic E-state index is 0.0865. The van der Waals surface area contributed by atoms with Gasteiger partial charge in [0.15, 0.2) is 0 Å². The molecule has 0 spiro atoms. The lowest BCUT2D eigenvalue weighted by molar-refractivity contribution is 0.661. The molecule has 0 atom stereocenters. The topological polar surface area (TPSA) is 0 Å². The Morgan fingerprint density at radius 2 is 1.07 bits per heavy atom. The Bertz CT molecular complexity index is 2320. The van der Waals surface area contributed by atoms with Crippen molar-refractivity contribution < 1.29 is 0 Å². The molecule has 0 heterocycles. The normalized spacial score (nSPS) is 13.8. The van der Waals surface area contributed by atoms with Crippen molar-refractivity contribution in [2.45, 2.75) is 19.3 Å². The van der Waals surface area contributed by atoms with E-state index in [4.69, 9.17) is 0 Å². The summed E-state index contributed by atoms with van der Waals surface area (Å²) in [6.45, 7) is 4.78. The fourth-order valence-corrected chi connectivity index (χ4v) is 7.54. The molecule has 8 aromatic rings. The van der Waals surface area contributed by atoms with E-state index < -0.39 is 0 Å². The predicted octanol–water partition coefficient (Wildman–Crippen LogP) is 11.4. The molecule has 8 aromatic carbocycles. The molecule has 1 aliphatic rings. The second-order valence-electron chi connectivity index (χ2n) is 12.1. The smallest absolute Gasteiger partial charge is 0.0159 e. The van der Waals surface area contributed by atoms with Gasteiger partial charge in [0, 0.05) is 5.41 Å². The number of benzene rings is 8. The fraction of sp³-hybridized carbons (Fsp3) is 0.0732. The molecule has 0 saturated carbocycles. The summed E-state index contributed by atoms with van der Waals surface area (Å²) in [7, 11) is 0. The lowest BCUT2D eigenvalue weighted by atomic mass is 9.80. The van der Waals surface area contributed by atoms with Crippen LogP contribution in [0.5, 0.6) is 0 Å². The van der Waals surface area contributed by atoms with E-state index in [0.29, 0.717) is 0 Å². The molecule has 0 N–H and O–H groups in total. The minimum atomic E-state index is -0.0865. The molecule has 192 valence electrons. The van der Waals surface area contributed by atoms with Crippen LogP contribution in [0.2, 0.25) is 0 Å². The maximum atomic E-state index is 2.47. The Balaban J connectivity index is 1.28. The average molecular weight is 521 g/mol. The Morgan fingerprint density at radius 3 is 1.93 bits per heavy atom. The van der Waals surface area contributed by atoms with E-state index in [1.165, 1.54) is 87.6 Å². The summed E-state index contributed by atoms with van der Waals surface area (Å²) >= 11 is 0. The maximum absolute atomic E-state index is 2.47. The molecule has 0 unspecified atom stereocenters. The molecule has 0 bridgehead atoms. The lowest BCUT2D eigenvalue weighted by Crippen LogP contribution is -2.15. The van der Waals surface area contributed by atoms with E-state index >= 15 is 0 Å². The van der Waals surface area contributed by atoms with Gasteiger partial charge in [0.2, 0.25) is 0 Å². The van der Waals surface area contributed by atoms with Gasteiger partial charge in [-0.25, -0.2) is 0 Å². The Kier molecular flexibility index (Phi) is 4.49. The van der Waals surface area contributed by atoms with Gasteiger partial charge in [-0.3, -0.25) is 0 Å². The fourth-order valence-electron chi connectivity index (χ4n) is 7.54. The molecule has 0 heteroatoms. The van der Waals surface area contributed by atoms with Crippen LogP contribution in [0.15, 0.2) is 133 Å². The molecule has 1 aliphatic carbocycles. The van der Waals surface area contributed by atoms with Crippen molar-refractivity contribution in [1.82, 2.24) is 0 Å². The largest absolute Gasteiger partial charge is 0.0622 e. The molecule has 0 aromatic heterocycles. The Hall–Kier alpha value is -4.94. The van der Waals surface area contributed by atoms with Crippen molar-refractivity contribution in [2.24, 2.45) is 0 Å². The standard InChI is InChI=1S/C41H28/c1-41(2)37-23-29(34-21-30-14-6-11-26-17-18-27-12-7-16-33(34)40(27)39(26)30)19-20-32(37)36-24-35-28(22-38(36)41)13-8-15-31(35)25-9-4-3-5-10-25/h3-24H,1-2H3. The van der Waals surface area contributed by atoms with Gasteiger partial charge < -0.3 is 0 Å². The second-order valence-corrected chi connectivity index (χ2v) is 12.1. The van der Waals surface area contributed by atoms with Gasteiger partial charge in [0.1, 0.15) is 0 Å². The first-order valence-corrected chi connectivity index (χ1v) is 14.5. The number of hydrogen-bond donors (Lipinski definition) is 0. The van der Waals surface area contributed by atoms with Crippen LogP contribution in [0.1, 0.15) is 25.0 Å². The number of hydrogen-bond acceptors (Lipinski definition) is 0. The van der Waals surface area contributed by atoms with Crippen LogP contribution in [0, 0.1) is 0 Å². The molecule has 41 heavy (non-hydrogen) atoms. The van der Waals surface area contributed by atoms with Gasteiger partial charge >= 0.3 is 0 Å². The third-order valence-electron chi connectivity index (χ3n) is 9.58. The SMILES string of the molecule is CC1(C)c2cc(-c3cc4cccc5ccc6cccc3c6c54)ccc2-c2cc3c(-c4ccccc4)cccc3cc21. The quantitative estimate of drug-likeness (QED) is 0.199. The van der Waals surface area contributed by atoms with Crippen LogP contribution < -0.4 is 0 Å². The molecule has 0 nitrogen and oxygen atoms in total. The van der Waals surface area contributed by atoms with Gasteiger partial charge in [0.05, 0.1) is 0 Å². The average Bonchev–Trinajstić information content (AvgIpc) is 3.24. The third kappa shape index (κ3) is 3.11. The first-order chi connectivity index (χ1) is 20.1. The van der Waals surface area contributed by atoms with Gasteiger partial charge in [-0.2, -0.15) is 0 Å². The van der Waals surface area contributed by atoms with E-state index in [1.807, 2.05) is 0 Å². The zero-order valence-electron chi connectivity index (χ0n) is 23.2. The van der Waals surface area contributed by atoms with Crippen molar-refractivity contribution >= 4 is 43.1 Å². The van der Waals surface area contributed by atoms with E-state index in [1.54, 1.807) is 0 Å². The summed E-state index contributed by atoms with van der Waals surface area (Å²) in [5.74, 6) is 0. The first-order valence-electron chi connectivity index (χ1n) is 14.5. The first kappa shape index (κ1) is 22.8. The molecular formula is C41H28. The highest BCUT2D eigenvalue weighted by molar-refractivity contribution is 6.26. The predicted molar refractivity (Wildman–Crippen MR) is 176 cm³/mol. The lowest BCUT2D eigenvalue weighted by Gasteiger charge is -2.23. The summed E-state index contributed by atoms with van der Waals surface area (Å²) in [5.41, 5.74) is 10.6. The molecule has 0 amide bonds. The highest BCUT2D eigenvalue weighted by atomic mass is 14.4. The number of rotatable bonds is 2. The van der Waals surface area contributed by atoms with Crippen molar-refractivity contribution in [1.29, 1.82) is 0 Å². The van der Waals surface area contributed by atoms with E-state index in [2.05, 4.69) is 147 Å². The molecule has 0 radical (unpaired) electrons. The van der Waals surface area contributed by atoms with Crippen LogP contribution in [0.25, 0.3) is 76.5 Å². The second kappa shape index (κ2) is 8.05. The van der Waals surface area contributed by atoms with Crippen LogP contribution in [0.4, 0.5) is 0 Å². The summed E-state index contributed by atoms with van der Waals surface area (Å²) < 4.78 is 0. The highest BCUT2D eigenvalue weighted by Gasteiger charge is 2.36. The van der Waals surface area contributed by atoms with Crippen molar-refractivity contribution in [3.05, 3.63) is 145 Å². The van der Waals surface area contributed by atoms with Crippen molar-refractivity contribution in [3.63, 3.8) is 0 Å². The van der Waals surface area contributed by atoms with Gasteiger partial charge in [-0.1, -0.05) is 123 Å². The molecule has 9 rings (SSSR count). The Morgan fingerprint density at radius 1 is 0.366 bits per heavy atom. The molecule has 0 saturated heterocycles. The zero-order valence-corrected chi connectivity index (χ0v) is 23.2. The third-order valence-corrected chi connectivity index (χ3v) is 9.58. The highest BCUT2D eigenvalue weighted by Crippen LogP contribution is 2.52. The van der Waals surface area contributed by atoms with Crippen LogP contribution in [0.3, 0.4) is 0 Å². The molecular weight excluding hydrogens is 492 g/mol. The van der Waals surface area contributed by atoms with Crippen molar-refractivity contribution in [2.75, 3.05) is 0 Å². The summed E-state index contributed by atoms with van der Waals surface area (Å²) in [6.07, 6.45) is 0. The zero-order chi connectivity index (χ0) is 27.3. The van der Waals surface area contributed by atoms with Crippen LogP contribution in [-0.4, -0.2) is 0 Å². The van der Waals surface area contributed by atoms with Crippen LogP contribution >= 0.6 is 0 Å². The monoisotopic (exact) mass is 520 g/mol.